The molecule has 0 saturated heterocycles. The van der Waals surface area contributed by atoms with Gasteiger partial charge in [-0.05, 0) is 23.8 Å². The molecule has 3 aromatic rings. The first-order valence-corrected chi connectivity index (χ1v) is 8.11. The zero-order chi connectivity index (χ0) is 14.9. The highest BCUT2D eigenvalue weighted by Gasteiger charge is 2.16. The molecule has 108 valence electrons. The zero-order valence-electron chi connectivity index (χ0n) is 10.7. The molecule has 8 heteroatoms. The van der Waals surface area contributed by atoms with Crippen molar-refractivity contribution in [2.75, 3.05) is 4.72 Å². The van der Waals surface area contributed by atoms with Crippen molar-refractivity contribution in [3.05, 3.63) is 53.1 Å². The van der Waals surface area contributed by atoms with Gasteiger partial charge in [0.1, 0.15) is 11.0 Å². The van der Waals surface area contributed by atoms with Gasteiger partial charge in [0.25, 0.3) is 0 Å². The first-order valence-electron chi connectivity index (χ1n) is 6.08. The van der Waals surface area contributed by atoms with Crippen molar-refractivity contribution in [3.63, 3.8) is 0 Å². The van der Waals surface area contributed by atoms with Crippen LogP contribution in [0.2, 0.25) is 5.02 Å². The fraction of sp³-hybridized carbons (Fsp3) is 0.0769. The smallest absolute Gasteiger partial charge is 0.237 e. The molecule has 3 rings (SSSR count). The van der Waals surface area contributed by atoms with E-state index in [9.17, 15) is 8.42 Å². The van der Waals surface area contributed by atoms with Crippen molar-refractivity contribution in [1.82, 2.24) is 15.4 Å². The Morgan fingerprint density at radius 2 is 1.90 bits per heavy atom. The number of para-hydroxylation sites is 1. The molecule has 0 spiro atoms. The number of hydrogen-bond donors (Lipinski definition) is 2. The van der Waals surface area contributed by atoms with Crippen LogP contribution in [0.5, 0.6) is 0 Å². The number of H-pyrrole nitrogens is 1. The van der Waals surface area contributed by atoms with Crippen LogP contribution in [-0.4, -0.2) is 23.8 Å². The Morgan fingerprint density at radius 3 is 2.71 bits per heavy atom. The maximum absolute atomic E-state index is 12.3. The number of anilines is 1. The van der Waals surface area contributed by atoms with Crippen LogP contribution >= 0.6 is 11.6 Å². The van der Waals surface area contributed by atoms with Gasteiger partial charge in [-0.15, -0.1) is 0 Å². The van der Waals surface area contributed by atoms with E-state index in [1.54, 1.807) is 42.5 Å². The van der Waals surface area contributed by atoms with E-state index in [-0.39, 0.29) is 5.75 Å². The summed E-state index contributed by atoms with van der Waals surface area (Å²) in [4.78, 5) is 0. The van der Waals surface area contributed by atoms with Crippen LogP contribution in [0.4, 0.5) is 5.69 Å². The van der Waals surface area contributed by atoms with Crippen molar-refractivity contribution in [3.8, 4) is 0 Å². The molecule has 2 aromatic carbocycles. The molecule has 6 nitrogen and oxygen atoms in total. The van der Waals surface area contributed by atoms with Gasteiger partial charge in [-0.2, -0.15) is 15.4 Å². The molecule has 21 heavy (non-hydrogen) atoms. The monoisotopic (exact) mass is 322 g/mol. The lowest BCUT2D eigenvalue weighted by molar-refractivity contribution is 0.600. The van der Waals surface area contributed by atoms with Crippen LogP contribution in [0.3, 0.4) is 0 Å². The van der Waals surface area contributed by atoms with Crippen molar-refractivity contribution in [2.45, 2.75) is 5.75 Å². The van der Waals surface area contributed by atoms with Crippen LogP contribution in [0.1, 0.15) is 5.56 Å². The average Bonchev–Trinajstić information content (AvgIpc) is 2.90. The first kappa shape index (κ1) is 13.8. The van der Waals surface area contributed by atoms with Gasteiger partial charge in [0.15, 0.2) is 0 Å². The third kappa shape index (κ3) is 2.98. The summed E-state index contributed by atoms with van der Waals surface area (Å²) in [5.74, 6) is -0.207. The second-order valence-corrected chi connectivity index (χ2v) is 6.58. The lowest BCUT2D eigenvalue weighted by atomic mass is 10.2. The highest BCUT2D eigenvalue weighted by molar-refractivity contribution is 7.91. The first-order chi connectivity index (χ1) is 10.1. The fourth-order valence-corrected chi connectivity index (χ4v) is 3.49. The molecule has 2 N–H and O–H groups in total. The van der Waals surface area contributed by atoms with Crippen LogP contribution in [0.15, 0.2) is 42.5 Å². The Kier molecular flexibility index (Phi) is 3.52. The van der Waals surface area contributed by atoms with Gasteiger partial charge in [0.05, 0.1) is 11.4 Å². The molecule has 0 aliphatic heterocycles. The van der Waals surface area contributed by atoms with Gasteiger partial charge in [-0.3, -0.25) is 4.72 Å². The molecule has 1 heterocycles. The summed E-state index contributed by atoms with van der Waals surface area (Å²) < 4.78 is 27.0. The van der Waals surface area contributed by atoms with Crippen molar-refractivity contribution < 1.29 is 8.42 Å². The molecule has 1 aromatic heterocycles. The van der Waals surface area contributed by atoms with E-state index >= 15 is 0 Å². The third-order valence-corrected chi connectivity index (χ3v) is 4.51. The lowest BCUT2D eigenvalue weighted by Gasteiger charge is -2.09. The van der Waals surface area contributed by atoms with Crippen molar-refractivity contribution in [2.24, 2.45) is 0 Å². The summed E-state index contributed by atoms with van der Waals surface area (Å²) in [5, 5.41) is 10.7. The number of nitrogens with one attached hydrogen (secondary N) is 2. The minimum Gasteiger partial charge on any atom is -0.281 e. The number of rotatable bonds is 4. The zero-order valence-corrected chi connectivity index (χ0v) is 12.3. The third-order valence-electron chi connectivity index (χ3n) is 2.92. The summed E-state index contributed by atoms with van der Waals surface area (Å²) in [6.45, 7) is 0. The summed E-state index contributed by atoms with van der Waals surface area (Å²) in [6.07, 6.45) is 0. The van der Waals surface area contributed by atoms with E-state index in [1.165, 1.54) is 0 Å². The number of nitrogens with zero attached hydrogens (tertiary/aromatic N) is 2. The molecule has 0 radical (unpaired) electrons. The quantitative estimate of drug-likeness (QED) is 0.772. The minimum atomic E-state index is -3.60. The molecule has 0 aliphatic carbocycles. The molecule has 0 bridgehead atoms. The fourth-order valence-electron chi connectivity index (χ4n) is 1.97. The van der Waals surface area contributed by atoms with Crippen LogP contribution < -0.4 is 4.72 Å². The van der Waals surface area contributed by atoms with E-state index < -0.39 is 10.0 Å². The lowest BCUT2D eigenvalue weighted by Crippen LogP contribution is -2.15. The Balaban J connectivity index is 1.90. The predicted octanol–water partition coefficient (Wildman–Crippen LogP) is 2.55. The Bertz CT molecular complexity index is 892. The van der Waals surface area contributed by atoms with E-state index in [1.807, 2.05) is 0 Å². The second-order valence-electron chi connectivity index (χ2n) is 4.45. The van der Waals surface area contributed by atoms with E-state index in [0.29, 0.717) is 27.3 Å². The molecule has 0 fully saturated rings. The van der Waals surface area contributed by atoms with Crippen molar-refractivity contribution in [1.29, 1.82) is 0 Å². The van der Waals surface area contributed by atoms with Crippen LogP contribution in [0.25, 0.3) is 11.0 Å². The highest BCUT2D eigenvalue weighted by Crippen LogP contribution is 2.23. The normalized spacial score (nSPS) is 11.7. The van der Waals surface area contributed by atoms with E-state index in [4.69, 9.17) is 11.6 Å². The second kappa shape index (κ2) is 5.34. The number of sulfonamides is 1. The topological polar surface area (TPSA) is 87.7 Å². The molecule has 0 aliphatic rings. The maximum atomic E-state index is 12.3. The largest absolute Gasteiger partial charge is 0.281 e. The summed E-state index contributed by atoms with van der Waals surface area (Å²) >= 11 is 5.99. The standard InChI is InChI=1S/C13H11ClN4O2S/c14-10-5-2-1-4-9(10)8-21(19,20)17-12-7-3-6-11-13(12)16-18-15-11/h1-7,17H,8H2,(H,15,16,18). The molecule has 0 saturated carbocycles. The van der Waals surface area contributed by atoms with Crippen LogP contribution in [-0.2, 0) is 15.8 Å². The Hall–Kier alpha value is -2.12. The van der Waals surface area contributed by atoms with E-state index in [2.05, 4.69) is 20.1 Å². The number of fused-ring (bicyclic) bond motifs is 1. The maximum Gasteiger partial charge on any atom is 0.237 e. The predicted molar refractivity (Wildman–Crippen MR) is 81.6 cm³/mol. The number of hydrogen-bond acceptors (Lipinski definition) is 4. The van der Waals surface area contributed by atoms with E-state index in [0.717, 1.165) is 0 Å². The summed E-state index contributed by atoms with van der Waals surface area (Å²) in [7, 11) is -3.60. The number of halogens is 1. The highest BCUT2D eigenvalue weighted by atomic mass is 35.5. The molecule has 0 amide bonds. The van der Waals surface area contributed by atoms with Crippen LogP contribution in [0, 0.1) is 0 Å². The summed E-state index contributed by atoms with van der Waals surface area (Å²) in [6, 6.07) is 11.9. The number of benzene rings is 2. The van der Waals surface area contributed by atoms with Gasteiger partial charge < -0.3 is 0 Å². The number of aromatic amines is 1. The Morgan fingerprint density at radius 1 is 1.10 bits per heavy atom. The number of aromatic nitrogens is 3. The Labute approximate surface area is 126 Å². The van der Waals surface area contributed by atoms with Gasteiger partial charge in [-0.1, -0.05) is 35.9 Å². The molecular formula is C13H11ClN4O2S. The average molecular weight is 323 g/mol. The SMILES string of the molecule is O=S(=O)(Cc1ccccc1Cl)Nc1cccc2n[nH]nc12. The van der Waals surface area contributed by atoms with Gasteiger partial charge in [0, 0.05) is 5.02 Å². The van der Waals surface area contributed by atoms with Gasteiger partial charge in [0.2, 0.25) is 10.0 Å². The minimum absolute atomic E-state index is 0.207. The van der Waals surface area contributed by atoms with Gasteiger partial charge >= 0.3 is 0 Å². The molecule has 0 unspecified atom stereocenters. The van der Waals surface area contributed by atoms with Crippen molar-refractivity contribution >= 4 is 38.3 Å². The molecular weight excluding hydrogens is 312 g/mol. The summed E-state index contributed by atoms with van der Waals surface area (Å²) in [5.41, 5.74) is 1.99. The van der Waals surface area contributed by atoms with Gasteiger partial charge in [-0.25, -0.2) is 8.42 Å². The molecule has 0 atom stereocenters.